The van der Waals surface area contributed by atoms with Crippen molar-refractivity contribution >= 4 is 21.7 Å². The van der Waals surface area contributed by atoms with E-state index in [-0.39, 0.29) is 35.0 Å². The Hall–Kier alpha value is -1.90. The number of amides is 2. The molecule has 1 atom stereocenters. The molecule has 2 amide bonds. The highest BCUT2D eigenvalue weighted by atomic mass is 32.2. The van der Waals surface area contributed by atoms with Crippen LogP contribution >= 0.6 is 0 Å². The van der Waals surface area contributed by atoms with Crippen LogP contribution in [0.5, 0.6) is 0 Å². The van der Waals surface area contributed by atoms with Crippen molar-refractivity contribution in [2.45, 2.75) is 44.7 Å². The number of hydrogen-bond donors (Lipinski definition) is 1. The molecule has 2 saturated heterocycles. The summed E-state index contributed by atoms with van der Waals surface area (Å²) in [4.78, 5) is 16.0. The maximum atomic E-state index is 12.3. The third kappa shape index (κ3) is 4.08. The molecule has 0 aliphatic carbocycles. The van der Waals surface area contributed by atoms with Crippen LogP contribution in [0.4, 0.5) is 10.6 Å². The first-order valence-corrected chi connectivity index (χ1v) is 10.7. The lowest BCUT2D eigenvalue weighted by molar-refractivity contribution is 0.175. The van der Waals surface area contributed by atoms with Crippen LogP contribution < -0.4 is 10.2 Å². The minimum atomic E-state index is -2.99. The van der Waals surface area contributed by atoms with Gasteiger partial charge in [-0.15, -0.1) is 5.10 Å². The average Bonchev–Trinajstić information content (AvgIpc) is 2.84. The average molecular weight is 382 g/mol. The number of hydrogen-bond acceptors (Lipinski definition) is 6. The molecule has 1 aromatic rings. The van der Waals surface area contributed by atoms with Crippen molar-refractivity contribution in [3.05, 3.63) is 17.8 Å². The van der Waals surface area contributed by atoms with Gasteiger partial charge in [0.25, 0.3) is 0 Å². The Bertz CT molecular complexity index is 767. The Labute approximate surface area is 154 Å². The van der Waals surface area contributed by atoms with Gasteiger partial charge in [0.15, 0.2) is 15.7 Å². The van der Waals surface area contributed by atoms with E-state index in [9.17, 15) is 13.2 Å². The minimum Gasteiger partial charge on any atom is -0.351 e. The van der Waals surface area contributed by atoms with Gasteiger partial charge in [-0.25, -0.2) is 13.2 Å². The quantitative estimate of drug-likeness (QED) is 0.832. The summed E-state index contributed by atoms with van der Waals surface area (Å²) in [5.41, 5.74) is 0.913. The van der Waals surface area contributed by atoms with Crippen LogP contribution in [0.25, 0.3) is 0 Å². The first-order valence-electron chi connectivity index (χ1n) is 8.88. The molecule has 1 aromatic heterocycles. The van der Waals surface area contributed by atoms with E-state index < -0.39 is 9.84 Å². The van der Waals surface area contributed by atoms with Gasteiger partial charge in [0.1, 0.15) is 0 Å². The molecular formula is C17H27N5O3S. The molecule has 0 spiro atoms. The van der Waals surface area contributed by atoms with Crippen LogP contribution in [0, 0.1) is 0 Å². The Morgan fingerprint density at radius 3 is 2.46 bits per heavy atom. The van der Waals surface area contributed by atoms with Gasteiger partial charge in [-0.2, -0.15) is 5.10 Å². The van der Waals surface area contributed by atoms with E-state index in [1.165, 1.54) is 0 Å². The Balaban J connectivity index is 1.50. The number of carbonyl (C=O) groups is 1. The van der Waals surface area contributed by atoms with Crippen molar-refractivity contribution in [2.24, 2.45) is 0 Å². The summed E-state index contributed by atoms with van der Waals surface area (Å²) < 4.78 is 23.0. The van der Waals surface area contributed by atoms with Gasteiger partial charge in [0.2, 0.25) is 0 Å². The van der Waals surface area contributed by atoms with Crippen molar-refractivity contribution in [3.8, 4) is 0 Å². The fourth-order valence-corrected chi connectivity index (χ4v) is 4.81. The van der Waals surface area contributed by atoms with E-state index >= 15 is 0 Å². The van der Waals surface area contributed by atoms with Gasteiger partial charge < -0.3 is 15.1 Å². The molecule has 2 fully saturated rings. The van der Waals surface area contributed by atoms with E-state index in [0.717, 1.165) is 11.5 Å². The SMILES string of the molecule is CN(C(=O)NC1CCS(=O)(=O)C1)C1CN(c2ccc(C(C)(C)C)nn2)C1. The number of carbonyl (C=O) groups excluding carboxylic acids is 1. The van der Waals surface area contributed by atoms with Gasteiger partial charge in [-0.05, 0) is 18.6 Å². The summed E-state index contributed by atoms with van der Waals surface area (Å²) >= 11 is 0. The van der Waals surface area contributed by atoms with Crippen molar-refractivity contribution < 1.29 is 13.2 Å². The van der Waals surface area contributed by atoms with E-state index in [2.05, 4.69) is 41.2 Å². The zero-order valence-electron chi connectivity index (χ0n) is 15.8. The Morgan fingerprint density at radius 1 is 1.27 bits per heavy atom. The number of nitrogens with one attached hydrogen (secondary N) is 1. The monoisotopic (exact) mass is 381 g/mol. The van der Waals surface area contributed by atoms with Gasteiger partial charge in [-0.3, -0.25) is 0 Å². The molecule has 9 heteroatoms. The highest BCUT2D eigenvalue weighted by Crippen LogP contribution is 2.24. The van der Waals surface area contributed by atoms with Crippen LogP contribution in [0.15, 0.2) is 12.1 Å². The number of urea groups is 1. The zero-order valence-corrected chi connectivity index (χ0v) is 16.6. The van der Waals surface area contributed by atoms with E-state index in [1.807, 2.05) is 12.1 Å². The standard InChI is InChI=1S/C17H27N5O3S/c1-17(2,3)14-5-6-15(20-19-14)22-9-13(10-22)21(4)16(23)18-12-7-8-26(24,25)11-12/h5-6,12-13H,7-11H2,1-4H3,(H,18,23). The molecule has 3 rings (SSSR count). The van der Waals surface area contributed by atoms with Crippen LogP contribution in [-0.2, 0) is 15.3 Å². The Kier molecular flexibility index (Phi) is 4.85. The largest absolute Gasteiger partial charge is 0.351 e. The predicted molar refractivity (Wildman–Crippen MR) is 100 cm³/mol. The molecule has 26 heavy (non-hydrogen) atoms. The van der Waals surface area contributed by atoms with E-state index in [0.29, 0.717) is 19.5 Å². The summed E-state index contributed by atoms with van der Waals surface area (Å²) in [7, 11) is -1.25. The lowest BCUT2D eigenvalue weighted by atomic mass is 9.92. The molecule has 0 saturated carbocycles. The zero-order chi connectivity index (χ0) is 19.1. The maximum absolute atomic E-state index is 12.3. The second-order valence-corrected chi connectivity index (χ2v) is 10.5. The highest BCUT2D eigenvalue weighted by Gasteiger charge is 2.35. The number of nitrogens with zero attached hydrogens (tertiary/aromatic N) is 4. The lowest BCUT2D eigenvalue weighted by Gasteiger charge is -2.44. The second-order valence-electron chi connectivity index (χ2n) is 8.25. The molecule has 0 bridgehead atoms. The molecule has 3 heterocycles. The van der Waals surface area contributed by atoms with E-state index in [4.69, 9.17) is 0 Å². The van der Waals surface area contributed by atoms with Crippen molar-refractivity contribution in [1.82, 2.24) is 20.4 Å². The smallest absolute Gasteiger partial charge is 0.317 e. The maximum Gasteiger partial charge on any atom is 0.317 e. The molecule has 8 nitrogen and oxygen atoms in total. The Morgan fingerprint density at radius 2 is 1.96 bits per heavy atom. The number of sulfone groups is 1. The highest BCUT2D eigenvalue weighted by molar-refractivity contribution is 7.91. The topological polar surface area (TPSA) is 95.5 Å². The fourth-order valence-electron chi connectivity index (χ4n) is 3.13. The van der Waals surface area contributed by atoms with Gasteiger partial charge >= 0.3 is 6.03 Å². The van der Waals surface area contributed by atoms with Crippen molar-refractivity contribution in [2.75, 3.05) is 36.5 Å². The third-order valence-electron chi connectivity index (χ3n) is 5.03. The first kappa shape index (κ1) is 18.9. The minimum absolute atomic E-state index is 0.0327. The molecule has 2 aliphatic heterocycles. The van der Waals surface area contributed by atoms with Crippen LogP contribution in [0.2, 0.25) is 0 Å². The summed E-state index contributed by atoms with van der Waals surface area (Å²) in [5.74, 6) is 1.01. The molecule has 1 unspecified atom stereocenters. The predicted octanol–water partition coefficient (Wildman–Crippen LogP) is 0.791. The van der Waals surface area contributed by atoms with Gasteiger partial charge in [0, 0.05) is 31.6 Å². The lowest BCUT2D eigenvalue weighted by Crippen LogP contribution is -2.62. The summed E-state index contributed by atoms with van der Waals surface area (Å²) in [6.07, 6.45) is 0.494. The molecule has 2 aliphatic rings. The van der Waals surface area contributed by atoms with Crippen molar-refractivity contribution in [1.29, 1.82) is 0 Å². The van der Waals surface area contributed by atoms with E-state index in [1.54, 1.807) is 11.9 Å². The third-order valence-corrected chi connectivity index (χ3v) is 6.80. The number of aromatic nitrogens is 2. The van der Waals surface area contributed by atoms with Crippen LogP contribution in [-0.4, -0.2) is 73.3 Å². The van der Waals surface area contributed by atoms with Gasteiger partial charge in [-0.1, -0.05) is 20.8 Å². The summed E-state index contributed by atoms with van der Waals surface area (Å²) in [5, 5.41) is 11.4. The molecule has 144 valence electrons. The molecule has 0 radical (unpaired) electrons. The summed E-state index contributed by atoms with van der Waals surface area (Å²) in [6.45, 7) is 7.67. The molecular weight excluding hydrogens is 354 g/mol. The number of likely N-dealkylation sites (N-methyl/N-ethyl adjacent to an activating group) is 1. The summed E-state index contributed by atoms with van der Waals surface area (Å²) in [6, 6.07) is 3.55. The van der Waals surface area contributed by atoms with Crippen LogP contribution in [0.3, 0.4) is 0 Å². The molecule has 0 aromatic carbocycles. The number of anilines is 1. The van der Waals surface area contributed by atoms with Crippen LogP contribution in [0.1, 0.15) is 32.9 Å². The number of rotatable bonds is 3. The fraction of sp³-hybridized carbons (Fsp3) is 0.706. The van der Waals surface area contributed by atoms with Crippen molar-refractivity contribution in [3.63, 3.8) is 0 Å². The first-order chi connectivity index (χ1) is 12.0. The molecule has 1 N–H and O–H groups in total. The second kappa shape index (κ2) is 6.68. The van der Waals surface area contributed by atoms with Gasteiger partial charge in [0.05, 0.1) is 23.2 Å². The normalized spacial score (nSPS) is 22.8.